The van der Waals surface area contributed by atoms with Crippen LogP contribution >= 0.6 is 12.4 Å². The van der Waals surface area contributed by atoms with E-state index in [1.807, 2.05) is 18.2 Å². The van der Waals surface area contributed by atoms with Crippen LogP contribution in [0.2, 0.25) is 0 Å². The molecule has 0 N–H and O–H groups in total. The van der Waals surface area contributed by atoms with Gasteiger partial charge in [0.15, 0.2) is 11.5 Å². The Morgan fingerprint density at radius 2 is 1.89 bits per heavy atom. The molecule has 0 radical (unpaired) electrons. The zero-order valence-corrected chi connectivity index (χ0v) is 11.8. The molecule has 0 aliphatic carbocycles. The highest BCUT2D eigenvalue weighted by atomic mass is 35.5. The molecule has 0 unspecified atom stereocenters. The Balaban J connectivity index is 0.00000133. The lowest BCUT2D eigenvalue weighted by Gasteiger charge is -2.21. The highest BCUT2D eigenvalue weighted by Gasteiger charge is 2.17. The fraction of sp³-hybridized carbons (Fsp3) is 0.571. The lowest BCUT2D eigenvalue weighted by molar-refractivity contribution is 0.159. The normalized spacial score (nSPS) is 17.9. The highest BCUT2D eigenvalue weighted by Crippen LogP contribution is 2.38. The number of para-hydroxylation sites is 1. The quantitative estimate of drug-likeness (QED) is 0.850. The summed E-state index contributed by atoms with van der Waals surface area (Å²) in [7, 11) is 0. The molecular weight excluding hydrogens is 266 g/mol. The van der Waals surface area contributed by atoms with E-state index in [0.29, 0.717) is 19.8 Å². The largest absolute Gasteiger partial charge is 0.488 e. The summed E-state index contributed by atoms with van der Waals surface area (Å²) in [6.07, 6.45) is 2.63. The maximum absolute atomic E-state index is 5.82. The summed E-state index contributed by atoms with van der Waals surface area (Å²) in [5, 5.41) is 0. The second-order valence-corrected chi connectivity index (χ2v) is 4.68. The number of likely N-dealkylation sites (tertiary alicyclic amines) is 1. The molecule has 19 heavy (non-hydrogen) atoms. The predicted octanol–water partition coefficient (Wildman–Crippen LogP) is 2.35. The van der Waals surface area contributed by atoms with Gasteiger partial charge in [-0.05, 0) is 38.1 Å². The number of hydrogen-bond acceptors (Lipinski definition) is 4. The first-order valence-corrected chi connectivity index (χ1v) is 6.67. The van der Waals surface area contributed by atoms with Gasteiger partial charge in [-0.25, -0.2) is 0 Å². The molecule has 1 saturated heterocycles. The minimum Gasteiger partial charge on any atom is -0.488 e. The fourth-order valence-electron chi connectivity index (χ4n) is 2.45. The first-order chi connectivity index (χ1) is 8.93. The molecule has 1 aromatic carbocycles. The van der Waals surface area contributed by atoms with Crippen molar-refractivity contribution in [2.24, 2.45) is 0 Å². The third-order valence-corrected chi connectivity index (χ3v) is 3.39. The summed E-state index contributed by atoms with van der Waals surface area (Å²) >= 11 is 0. The summed E-state index contributed by atoms with van der Waals surface area (Å²) in [5.74, 6) is 2.34. The van der Waals surface area contributed by atoms with E-state index in [2.05, 4.69) is 4.90 Å². The van der Waals surface area contributed by atoms with Gasteiger partial charge in [-0.2, -0.15) is 0 Å². The van der Waals surface area contributed by atoms with Crippen LogP contribution in [0.5, 0.6) is 17.2 Å². The number of nitrogens with zero attached hydrogens (tertiary/aromatic N) is 1. The van der Waals surface area contributed by atoms with E-state index in [1.54, 1.807) is 0 Å². The number of ether oxygens (including phenoxy) is 3. The third kappa shape index (κ3) is 3.45. The molecule has 3 rings (SSSR count). The second kappa shape index (κ2) is 6.87. The zero-order chi connectivity index (χ0) is 12.2. The minimum atomic E-state index is 0. The van der Waals surface area contributed by atoms with Crippen LogP contribution in [0.1, 0.15) is 12.8 Å². The van der Waals surface area contributed by atoms with Crippen LogP contribution in [0, 0.1) is 0 Å². The van der Waals surface area contributed by atoms with E-state index in [0.717, 1.165) is 23.8 Å². The van der Waals surface area contributed by atoms with Crippen molar-refractivity contribution < 1.29 is 14.2 Å². The van der Waals surface area contributed by atoms with Crippen LogP contribution < -0.4 is 14.2 Å². The van der Waals surface area contributed by atoms with Gasteiger partial charge in [-0.15, -0.1) is 12.4 Å². The van der Waals surface area contributed by atoms with E-state index in [1.165, 1.54) is 25.9 Å². The van der Waals surface area contributed by atoms with E-state index >= 15 is 0 Å². The summed E-state index contributed by atoms with van der Waals surface area (Å²) in [5.41, 5.74) is 0. The van der Waals surface area contributed by atoms with Gasteiger partial charge in [-0.1, -0.05) is 6.07 Å². The fourth-order valence-corrected chi connectivity index (χ4v) is 2.45. The van der Waals surface area contributed by atoms with Crippen molar-refractivity contribution in [3.05, 3.63) is 18.2 Å². The number of halogens is 1. The summed E-state index contributed by atoms with van der Waals surface area (Å²) in [6, 6.07) is 5.80. The molecule has 4 nitrogen and oxygen atoms in total. The molecule has 0 spiro atoms. The van der Waals surface area contributed by atoms with Gasteiger partial charge in [0.1, 0.15) is 19.8 Å². The van der Waals surface area contributed by atoms with Crippen molar-refractivity contribution in [3.63, 3.8) is 0 Å². The molecule has 2 aliphatic heterocycles. The van der Waals surface area contributed by atoms with Crippen molar-refractivity contribution in [2.75, 3.05) is 39.5 Å². The maximum atomic E-state index is 5.82. The smallest absolute Gasteiger partial charge is 0.203 e. The van der Waals surface area contributed by atoms with Gasteiger partial charge in [0.25, 0.3) is 0 Å². The Morgan fingerprint density at radius 3 is 2.74 bits per heavy atom. The topological polar surface area (TPSA) is 30.9 Å². The molecule has 1 fully saturated rings. The molecule has 0 amide bonds. The average Bonchev–Trinajstić information content (AvgIpc) is 2.92. The first kappa shape index (κ1) is 14.3. The van der Waals surface area contributed by atoms with Crippen molar-refractivity contribution >= 4 is 12.4 Å². The van der Waals surface area contributed by atoms with Gasteiger partial charge in [0.2, 0.25) is 5.75 Å². The highest BCUT2D eigenvalue weighted by molar-refractivity contribution is 5.85. The van der Waals surface area contributed by atoms with Gasteiger partial charge in [0, 0.05) is 6.54 Å². The van der Waals surface area contributed by atoms with Gasteiger partial charge < -0.3 is 14.2 Å². The van der Waals surface area contributed by atoms with Crippen molar-refractivity contribution in [2.45, 2.75) is 12.8 Å². The van der Waals surface area contributed by atoms with Crippen LogP contribution in [0.4, 0.5) is 0 Å². The van der Waals surface area contributed by atoms with E-state index < -0.39 is 0 Å². The van der Waals surface area contributed by atoms with Crippen LogP contribution in [-0.4, -0.2) is 44.4 Å². The molecule has 5 heteroatoms. The van der Waals surface area contributed by atoms with Crippen LogP contribution in [-0.2, 0) is 0 Å². The van der Waals surface area contributed by atoms with Gasteiger partial charge >= 0.3 is 0 Å². The molecule has 0 saturated carbocycles. The standard InChI is InChI=1S/C14H19NO3.ClH/c1-2-7-15(6-1)8-9-16-12-4-3-5-13-14(12)18-11-10-17-13;/h3-5H,1-2,6-11H2;1H. The lowest BCUT2D eigenvalue weighted by atomic mass is 10.3. The monoisotopic (exact) mass is 285 g/mol. The summed E-state index contributed by atoms with van der Waals surface area (Å²) in [4.78, 5) is 2.44. The molecular formula is C14H20ClNO3. The number of fused-ring (bicyclic) bond motifs is 1. The predicted molar refractivity (Wildman–Crippen MR) is 75.8 cm³/mol. The zero-order valence-electron chi connectivity index (χ0n) is 11.0. The average molecular weight is 286 g/mol. The Bertz CT molecular complexity index is 408. The van der Waals surface area contributed by atoms with E-state index in [9.17, 15) is 0 Å². The lowest BCUT2D eigenvalue weighted by Crippen LogP contribution is -2.25. The van der Waals surface area contributed by atoms with Gasteiger partial charge in [-0.3, -0.25) is 4.90 Å². The van der Waals surface area contributed by atoms with Gasteiger partial charge in [0.05, 0.1) is 0 Å². The van der Waals surface area contributed by atoms with Crippen molar-refractivity contribution in [1.29, 1.82) is 0 Å². The first-order valence-electron chi connectivity index (χ1n) is 6.67. The summed E-state index contributed by atoms with van der Waals surface area (Å²) < 4.78 is 17.0. The maximum Gasteiger partial charge on any atom is 0.203 e. The minimum absolute atomic E-state index is 0. The van der Waals surface area contributed by atoms with Crippen LogP contribution in [0.3, 0.4) is 0 Å². The molecule has 0 atom stereocenters. The molecule has 0 bridgehead atoms. The Labute approximate surface area is 120 Å². The van der Waals surface area contributed by atoms with E-state index in [-0.39, 0.29) is 12.4 Å². The number of benzene rings is 1. The number of rotatable bonds is 4. The Kier molecular flexibility index (Phi) is 5.16. The molecule has 2 aliphatic rings. The molecule has 2 heterocycles. The van der Waals surface area contributed by atoms with Crippen LogP contribution in [0.15, 0.2) is 18.2 Å². The van der Waals surface area contributed by atoms with Crippen molar-refractivity contribution in [1.82, 2.24) is 4.90 Å². The summed E-state index contributed by atoms with van der Waals surface area (Å²) in [6.45, 7) is 5.32. The van der Waals surface area contributed by atoms with E-state index in [4.69, 9.17) is 14.2 Å². The molecule has 0 aromatic heterocycles. The molecule has 106 valence electrons. The van der Waals surface area contributed by atoms with Crippen LogP contribution in [0.25, 0.3) is 0 Å². The second-order valence-electron chi connectivity index (χ2n) is 4.68. The Hall–Kier alpha value is -1.13. The molecule has 1 aromatic rings. The van der Waals surface area contributed by atoms with Crippen molar-refractivity contribution in [3.8, 4) is 17.2 Å². The Morgan fingerprint density at radius 1 is 1.11 bits per heavy atom. The third-order valence-electron chi connectivity index (χ3n) is 3.39. The SMILES string of the molecule is Cl.c1cc2c(c(OCCN3CCCC3)c1)OCCO2. The number of hydrogen-bond donors (Lipinski definition) is 0.